The van der Waals surface area contributed by atoms with Gasteiger partial charge in [0.1, 0.15) is 11.9 Å². The molecule has 2 aromatic carbocycles. The minimum absolute atomic E-state index is 0.122. The molecule has 3 nitrogen and oxygen atoms in total. The van der Waals surface area contributed by atoms with Gasteiger partial charge in [0.25, 0.3) is 0 Å². The second-order valence-corrected chi connectivity index (χ2v) is 6.17. The maximum Gasteiger partial charge on any atom is 0.128 e. The third-order valence-corrected chi connectivity index (χ3v) is 4.67. The van der Waals surface area contributed by atoms with Crippen LogP contribution in [0, 0.1) is 16.6 Å². The van der Waals surface area contributed by atoms with E-state index in [9.17, 15) is 9.30 Å². The van der Waals surface area contributed by atoms with Crippen molar-refractivity contribution in [1.82, 2.24) is 4.90 Å². The molecule has 1 atom stereocenters. The highest BCUT2D eigenvalue weighted by atomic mass is 19.1. The molecule has 1 unspecified atom stereocenters. The van der Waals surface area contributed by atoms with Crippen molar-refractivity contribution in [2.24, 2.45) is 11.1 Å². The van der Waals surface area contributed by atoms with Gasteiger partial charge in [-0.1, -0.05) is 53.7 Å². The molecule has 0 bridgehead atoms. The molecule has 0 N–H and O–H groups in total. The summed E-state index contributed by atoms with van der Waals surface area (Å²) in [5, 5.41) is 3.24. The lowest BCUT2D eigenvalue weighted by Gasteiger charge is -2.33. The number of hydrogen-bond donors (Lipinski definition) is 0. The van der Waals surface area contributed by atoms with Crippen LogP contribution in [-0.4, -0.2) is 18.0 Å². The third-order valence-electron chi connectivity index (χ3n) is 4.67. The molecule has 1 aliphatic heterocycles. The number of benzene rings is 2. The number of hydrogen-bond acceptors (Lipinski definition) is 3. The summed E-state index contributed by atoms with van der Waals surface area (Å²) in [7, 11) is 0. The van der Waals surface area contributed by atoms with Crippen LogP contribution in [0.2, 0.25) is 0 Å². The summed E-state index contributed by atoms with van der Waals surface area (Å²) in [4.78, 5) is 13.7. The Morgan fingerprint density at radius 1 is 1.04 bits per heavy atom. The highest BCUT2D eigenvalue weighted by Crippen LogP contribution is 2.35. The summed E-state index contributed by atoms with van der Waals surface area (Å²) in [5.41, 5.74) is 1.73. The SMILES string of the molecule is O=NC(c1ccccc1F)C1CCN(Cc2ccccc2)CC1. The molecule has 0 spiro atoms. The zero-order valence-corrected chi connectivity index (χ0v) is 13.1. The van der Waals surface area contributed by atoms with Gasteiger partial charge < -0.3 is 0 Å². The Balaban J connectivity index is 1.61. The molecule has 0 saturated carbocycles. The summed E-state index contributed by atoms with van der Waals surface area (Å²) >= 11 is 0. The lowest BCUT2D eigenvalue weighted by atomic mass is 9.85. The Kier molecular flexibility index (Phi) is 5.13. The van der Waals surface area contributed by atoms with E-state index in [-0.39, 0.29) is 11.7 Å². The van der Waals surface area contributed by atoms with E-state index in [1.807, 2.05) is 18.2 Å². The van der Waals surface area contributed by atoms with E-state index in [1.54, 1.807) is 18.2 Å². The Bertz CT molecular complexity index is 639. The number of nitroso groups, excluding NO2 is 1. The number of piperidine rings is 1. The zero-order chi connectivity index (χ0) is 16.1. The van der Waals surface area contributed by atoms with Crippen molar-refractivity contribution in [3.8, 4) is 0 Å². The van der Waals surface area contributed by atoms with Gasteiger partial charge in [-0.15, -0.1) is 0 Å². The molecule has 120 valence electrons. The van der Waals surface area contributed by atoms with E-state index in [0.29, 0.717) is 5.56 Å². The minimum Gasteiger partial charge on any atom is -0.299 e. The fourth-order valence-corrected chi connectivity index (χ4v) is 3.38. The van der Waals surface area contributed by atoms with Crippen LogP contribution in [0.3, 0.4) is 0 Å². The summed E-state index contributed by atoms with van der Waals surface area (Å²) in [6.07, 6.45) is 1.75. The van der Waals surface area contributed by atoms with E-state index in [4.69, 9.17) is 0 Å². The first-order valence-corrected chi connectivity index (χ1v) is 8.11. The molecule has 1 saturated heterocycles. The van der Waals surface area contributed by atoms with Gasteiger partial charge in [0, 0.05) is 12.1 Å². The topological polar surface area (TPSA) is 32.7 Å². The highest BCUT2D eigenvalue weighted by molar-refractivity contribution is 5.22. The van der Waals surface area contributed by atoms with Crippen molar-refractivity contribution in [1.29, 1.82) is 0 Å². The normalized spacial score (nSPS) is 17.8. The van der Waals surface area contributed by atoms with E-state index in [1.165, 1.54) is 11.6 Å². The lowest BCUT2D eigenvalue weighted by molar-refractivity contribution is 0.162. The molecular formula is C19H21FN2O. The van der Waals surface area contributed by atoms with Gasteiger partial charge in [-0.05, 0) is 43.5 Å². The largest absolute Gasteiger partial charge is 0.299 e. The quantitative estimate of drug-likeness (QED) is 0.759. The fourth-order valence-electron chi connectivity index (χ4n) is 3.38. The molecule has 23 heavy (non-hydrogen) atoms. The second kappa shape index (κ2) is 7.47. The Morgan fingerprint density at radius 3 is 2.35 bits per heavy atom. The van der Waals surface area contributed by atoms with Crippen molar-refractivity contribution < 1.29 is 4.39 Å². The number of likely N-dealkylation sites (tertiary alicyclic amines) is 1. The van der Waals surface area contributed by atoms with Crippen LogP contribution in [0.1, 0.15) is 30.0 Å². The first-order valence-electron chi connectivity index (χ1n) is 8.11. The summed E-state index contributed by atoms with van der Waals surface area (Å²) in [6.45, 7) is 2.76. The van der Waals surface area contributed by atoms with Crippen molar-refractivity contribution in [3.05, 3.63) is 76.4 Å². The average molecular weight is 312 g/mol. The van der Waals surface area contributed by atoms with E-state index < -0.39 is 6.04 Å². The molecule has 4 heteroatoms. The molecule has 1 heterocycles. The van der Waals surface area contributed by atoms with Crippen molar-refractivity contribution in [3.63, 3.8) is 0 Å². The van der Waals surface area contributed by atoms with Crippen molar-refractivity contribution in [2.75, 3.05) is 13.1 Å². The Hall–Kier alpha value is -2.07. The van der Waals surface area contributed by atoms with E-state index >= 15 is 0 Å². The Labute approximate surface area is 136 Å². The highest BCUT2D eigenvalue weighted by Gasteiger charge is 2.30. The van der Waals surface area contributed by atoms with Gasteiger partial charge in [0.05, 0.1) is 0 Å². The standard InChI is InChI=1S/C19H21FN2O/c20-18-9-5-4-8-17(18)19(21-23)16-10-12-22(13-11-16)14-15-6-2-1-3-7-15/h1-9,16,19H,10-14H2. The molecule has 0 amide bonds. The molecule has 0 radical (unpaired) electrons. The van der Waals surface area contributed by atoms with Crippen LogP contribution in [0.5, 0.6) is 0 Å². The van der Waals surface area contributed by atoms with Crippen LogP contribution in [0.15, 0.2) is 59.8 Å². The molecule has 2 aromatic rings. The van der Waals surface area contributed by atoms with Gasteiger partial charge in [0.15, 0.2) is 0 Å². The maximum atomic E-state index is 13.9. The summed E-state index contributed by atoms with van der Waals surface area (Å²) in [6, 6.07) is 16.3. The molecule has 1 aliphatic rings. The summed E-state index contributed by atoms with van der Waals surface area (Å²) < 4.78 is 13.9. The van der Waals surface area contributed by atoms with Gasteiger partial charge in [-0.25, -0.2) is 4.39 Å². The van der Waals surface area contributed by atoms with Gasteiger partial charge in [-0.3, -0.25) is 4.90 Å². The third kappa shape index (κ3) is 3.82. The monoisotopic (exact) mass is 312 g/mol. The van der Waals surface area contributed by atoms with E-state index in [2.05, 4.69) is 22.2 Å². The number of rotatable bonds is 5. The molecule has 0 aliphatic carbocycles. The smallest absolute Gasteiger partial charge is 0.128 e. The van der Waals surface area contributed by atoms with E-state index in [0.717, 1.165) is 32.5 Å². The maximum absolute atomic E-state index is 13.9. The first kappa shape index (κ1) is 15.8. The van der Waals surface area contributed by atoms with Gasteiger partial charge >= 0.3 is 0 Å². The predicted molar refractivity (Wildman–Crippen MR) is 89.4 cm³/mol. The molecule has 3 rings (SSSR count). The minimum atomic E-state index is -0.574. The van der Waals surface area contributed by atoms with Gasteiger partial charge in [-0.2, -0.15) is 4.91 Å². The lowest BCUT2D eigenvalue weighted by Crippen LogP contribution is -2.35. The van der Waals surface area contributed by atoms with Crippen LogP contribution in [0.4, 0.5) is 4.39 Å². The van der Waals surface area contributed by atoms with Crippen LogP contribution < -0.4 is 0 Å². The average Bonchev–Trinajstić information content (AvgIpc) is 2.59. The zero-order valence-electron chi connectivity index (χ0n) is 13.1. The van der Waals surface area contributed by atoms with Crippen LogP contribution >= 0.6 is 0 Å². The second-order valence-electron chi connectivity index (χ2n) is 6.17. The number of halogens is 1. The van der Waals surface area contributed by atoms with Crippen molar-refractivity contribution >= 4 is 0 Å². The Morgan fingerprint density at radius 2 is 1.70 bits per heavy atom. The van der Waals surface area contributed by atoms with Crippen molar-refractivity contribution in [2.45, 2.75) is 25.4 Å². The molecular weight excluding hydrogens is 291 g/mol. The fraction of sp³-hybridized carbons (Fsp3) is 0.368. The predicted octanol–water partition coefficient (Wildman–Crippen LogP) is 4.55. The number of nitrogens with zero attached hydrogens (tertiary/aromatic N) is 2. The first-order chi connectivity index (χ1) is 11.3. The van der Waals surface area contributed by atoms with Crippen LogP contribution in [0.25, 0.3) is 0 Å². The molecule has 1 fully saturated rings. The summed E-state index contributed by atoms with van der Waals surface area (Å²) in [5.74, 6) is -0.208. The molecule has 0 aromatic heterocycles. The van der Waals surface area contributed by atoms with Gasteiger partial charge in [0.2, 0.25) is 0 Å². The van der Waals surface area contributed by atoms with Crippen LogP contribution in [-0.2, 0) is 6.54 Å².